The molecule has 6 nitrogen and oxygen atoms in total. The third-order valence-corrected chi connectivity index (χ3v) is 3.95. The first kappa shape index (κ1) is 18.6. The first-order chi connectivity index (χ1) is 13.2. The Morgan fingerprint density at radius 2 is 1.93 bits per heavy atom. The molecule has 3 aromatic rings. The maximum Gasteiger partial charge on any atom is 0.387 e. The summed E-state index contributed by atoms with van der Waals surface area (Å²) in [6, 6.07) is 14.5. The van der Waals surface area contributed by atoms with Gasteiger partial charge >= 0.3 is 6.61 Å². The van der Waals surface area contributed by atoms with Crippen molar-refractivity contribution in [2.75, 3.05) is 13.6 Å². The molecule has 0 amide bonds. The van der Waals surface area contributed by atoms with Gasteiger partial charge in [-0.25, -0.2) is 4.98 Å². The van der Waals surface area contributed by atoms with Gasteiger partial charge < -0.3 is 20.4 Å². The van der Waals surface area contributed by atoms with Crippen LogP contribution >= 0.6 is 0 Å². The van der Waals surface area contributed by atoms with Gasteiger partial charge in [0.2, 0.25) is 0 Å². The Bertz CT molecular complexity index is 877. The summed E-state index contributed by atoms with van der Waals surface area (Å²) in [7, 11) is 1.65. The van der Waals surface area contributed by atoms with Crippen LogP contribution in [0.25, 0.3) is 11.0 Å². The summed E-state index contributed by atoms with van der Waals surface area (Å²) in [4.78, 5) is 11.9. The number of H-pyrrole nitrogens is 1. The van der Waals surface area contributed by atoms with E-state index in [9.17, 15) is 8.78 Å². The number of guanidine groups is 1. The average molecular weight is 373 g/mol. The summed E-state index contributed by atoms with van der Waals surface area (Å²) in [6.07, 6.45) is 0.695. The molecule has 0 aliphatic heterocycles. The number of ether oxygens (including phenoxy) is 1. The van der Waals surface area contributed by atoms with Crippen LogP contribution in [0, 0.1) is 0 Å². The summed E-state index contributed by atoms with van der Waals surface area (Å²) in [6.45, 7) is -1.92. The Kier molecular flexibility index (Phi) is 6.19. The molecule has 3 N–H and O–H groups in total. The zero-order valence-electron chi connectivity index (χ0n) is 14.9. The second-order valence-corrected chi connectivity index (χ2v) is 5.79. The van der Waals surface area contributed by atoms with Crippen molar-refractivity contribution in [2.45, 2.75) is 19.6 Å². The van der Waals surface area contributed by atoms with Crippen LogP contribution in [0.4, 0.5) is 8.78 Å². The molecular formula is C19H21F2N5O. The van der Waals surface area contributed by atoms with Gasteiger partial charge in [-0.15, -0.1) is 0 Å². The summed E-state index contributed by atoms with van der Waals surface area (Å²) >= 11 is 0. The number of para-hydroxylation sites is 3. The Balaban J connectivity index is 1.51. The predicted molar refractivity (Wildman–Crippen MR) is 101 cm³/mol. The second kappa shape index (κ2) is 8.98. The van der Waals surface area contributed by atoms with Crippen LogP contribution in [0.3, 0.4) is 0 Å². The van der Waals surface area contributed by atoms with Gasteiger partial charge in [-0.1, -0.05) is 30.3 Å². The van der Waals surface area contributed by atoms with E-state index in [1.807, 2.05) is 24.3 Å². The number of halogens is 2. The molecule has 8 heteroatoms. The van der Waals surface area contributed by atoms with Gasteiger partial charge in [-0.05, 0) is 18.2 Å². The van der Waals surface area contributed by atoms with Crippen molar-refractivity contribution in [3.8, 4) is 5.75 Å². The molecule has 0 saturated heterocycles. The Morgan fingerprint density at radius 3 is 2.70 bits per heavy atom. The number of aromatic nitrogens is 2. The third kappa shape index (κ3) is 5.16. The van der Waals surface area contributed by atoms with Crippen LogP contribution in [0.5, 0.6) is 5.75 Å². The number of aliphatic imine (C=N–C) groups is 1. The summed E-state index contributed by atoms with van der Waals surface area (Å²) in [5.74, 6) is 1.60. The monoisotopic (exact) mass is 373 g/mol. The molecule has 1 heterocycles. The zero-order chi connectivity index (χ0) is 19.1. The maximum absolute atomic E-state index is 12.5. The van der Waals surface area contributed by atoms with Crippen molar-refractivity contribution in [3.63, 3.8) is 0 Å². The van der Waals surface area contributed by atoms with Crippen LogP contribution in [0.1, 0.15) is 11.4 Å². The lowest BCUT2D eigenvalue weighted by Gasteiger charge is -2.14. The topological polar surface area (TPSA) is 74.3 Å². The fourth-order valence-corrected chi connectivity index (χ4v) is 2.68. The lowest BCUT2D eigenvalue weighted by atomic mass is 10.2. The first-order valence-electron chi connectivity index (χ1n) is 8.56. The lowest BCUT2D eigenvalue weighted by molar-refractivity contribution is -0.0504. The largest absolute Gasteiger partial charge is 0.434 e. The molecule has 0 saturated carbocycles. The molecule has 142 valence electrons. The SMILES string of the molecule is CN=C(NCCc1nc2ccccc2[nH]1)NCc1ccccc1OC(F)F. The quantitative estimate of drug-likeness (QED) is 0.440. The van der Waals surface area contributed by atoms with Crippen molar-refractivity contribution in [3.05, 3.63) is 59.9 Å². The number of nitrogens with zero attached hydrogens (tertiary/aromatic N) is 2. The number of fused-ring (bicyclic) bond motifs is 1. The molecule has 0 aliphatic carbocycles. The minimum atomic E-state index is -2.85. The van der Waals surface area contributed by atoms with Crippen molar-refractivity contribution in [1.29, 1.82) is 0 Å². The van der Waals surface area contributed by atoms with Gasteiger partial charge in [0.15, 0.2) is 5.96 Å². The van der Waals surface area contributed by atoms with Crippen LogP contribution < -0.4 is 15.4 Å². The molecule has 1 aromatic heterocycles. The molecule has 0 bridgehead atoms. The minimum absolute atomic E-state index is 0.151. The molecule has 0 spiro atoms. The number of rotatable bonds is 7. The van der Waals surface area contributed by atoms with E-state index < -0.39 is 6.61 Å². The number of hydrogen-bond acceptors (Lipinski definition) is 3. The highest BCUT2D eigenvalue weighted by molar-refractivity contribution is 5.79. The number of hydrogen-bond donors (Lipinski definition) is 3. The summed E-state index contributed by atoms with van der Waals surface area (Å²) in [5, 5.41) is 6.28. The molecule has 3 rings (SSSR count). The van der Waals surface area contributed by atoms with Gasteiger partial charge in [0.05, 0.1) is 11.0 Å². The first-order valence-corrected chi connectivity index (χ1v) is 8.56. The average Bonchev–Trinajstić information content (AvgIpc) is 3.08. The van der Waals surface area contributed by atoms with Crippen molar-refractivity contribution >= 4 is 17.0 Å². The minimum Gasteiger partial charge on any atom is -0.434 e. The highest BCUT2D eigenvalue weighted by Gasteiger charge is 2.09. The van der Waals surface area contributed by atoms with E-state index in [0.717, 1.165) is 16.9 Å². The maximum atomic E-state index is 12.5. The lowest BCUT2D eigenvalue weighted by Crippen LogP contribution is -2.38. The van der Waals surface area contributed by atoms with Crippen LogP contribution in [-0.4, -0.2) is 36.1 Å². The van der Waals surface area contributed by atoms with E-state index in [4.69, 9.17) is 0 Å². The molecule has 0 unspecified atom stereocenters. The fourth-order valence-electron chi connectivity index (χ4n) is 2.68. The van der Waals surface area contributed by atoms with Gasteiger partial charge in [-0.2, -0.15) is 8.78 Å². The van der Waals surface area contributed by atoms with E-state index >= 15 is 0 Å². The van der Waals surface area contributed by atoms with Gasteiger partial charge in [0.1, 0.15) is 11.6 Å². The smallest absolute Gasteiger partial charge is 0.387 e. The third-order valence-electron chi connectivity index (χ3n) is 3.95. The zero-order valence-corrected chi connectivity index (χ0v) is 14.9. The van der Waals surface area contributed by atoms with Gasteiger partial charge in [-0.3, -0.25) is 4.99 Å². The molecule has 0 aliphatic rings. The molecule has 27 heavy (non-hydrogen) atoms. The predicted octanol–water partition coefficient (Wildman–Crippen LogP) is 3.07. The number of aromatic amines is 1. The second-order valence-electron chi connectivity index (χ2n) is 5.79. The van der Waals surface area contributed by atoms with Gasteiger partial charge in [0.25, 0.3) is 0 Å². The van der Waals surface area contributed by atoms with Crippen LogP contribution in [0.2, 0.25) is 0 Å². The van der Waals surface area contributed by atoms with Crippen molar-refractivity contribution in [1.82, 2.24) is 20.6 Å². The number of nitrogens with one attached hydrogen (secondary N) is 3. The standard InChI is InChI=1S/C19H21F2N5O/c1-22-19(24-12-13-6-2-5-9-16(13)27-18(20)21)23-11-10-17-25-14-7-3-4-8-15(14)26-17/h2-9,18H,10-12H2,1H3,(H,25,26)(H2,22,23,24). The fraction of sp³-hybridized carbons (Fsp3) is 0.263. The van der Waals surface area contributed by atoms with Gasteiger partial charge in [0, 0.05) is 32.1 Å². The molecule has 0 fully saturated rings. The Hall–Kier alpha value is -3.16. The summed E-state index contributed by atoms with van der Waals surface area (Å²) < 4.78 is 29.5. The van der Waals surface area contributed by atoms with E-state index in [2.05, 4.69) is 30.3 Å². The molecule has 0 atom stereocenters. The van der Waals surface area contributed by atoms with Crippen molar-refractivity contribution < 1.29 is 13.5 Å². The molecule has 2 aromatic carbocycles. The van der Waals surface area contributed by atoms with Crippen LogP contribution in [0.15, 0.2) is 53.5 Å². The highest BCUT2D eigenvalue weighted by Crippen LogP contribution is 2.19. The Labute approximate surface area is 155 Å². The Morgan fingerprint density at radius 1 is 1.15 bits per heavy atom. The molecular weight excluding hydrogens is 352 g/mol. The number of imidazole rings is 1. The number of alkyl halides is 2. The molecule has 0 radical (unpaired) electrons. The van der Waals surface area contributed by atoms with E-state index in [1.54, 1.807) is 25.2 Å². The van der Waals surface area contributed by atoms with E-state index in [1.165, 1.54) is 6.07 Å². The van der Waals surface area contributed by atoms with Crippen molar-refractivity contribution in [2.24, 2.45) is 4.99 Å². The van der Waals surface area contributed by atoms with Crippen LogP contribution in [-0.2, 0) is 13.0 Å². The normalized spacial score (nSPS) is 11.8. The van der Waals surface area contributed by atoms with E-state index in [0.29, 0.717) is 31.0 Å². The van der Waals surface area contributed by atoms with E-state index in [-0.39, 0.29) is 5.75 Å². The highest BCUT2D eigenvalue weighted by atomic mass is 19.3. The number of benzene rings is 2. The summed E-state index contributed by atoms with van der Waals surface area (Å²) in [5.41, 5.74) is 2.56.